The van der Waals surface area contributed by atoms with Crippen LogP contribution in [0.3, 0.4) is 0 Å². The van der Waals surface area contributed by atoms with Crippen molar-refractivity contribution in [1.82, 2.24) is 4.90 Å². The summed E-state index contributed by atoms with van der Waals surface area (Å²) in [5.74, 6) is -0.452. The molecule has 0 aromatic heterocycles. The van der Waals surface area contributed by atoms with Crippen molar-refractivity contribution >= 4 is 11.9 Å². The maximum Gasteiger partial charge on any atom is 0.326 e. The van der Waals surface area contributed by atoms with E-state index in [1.54, 1.807) is 13.2 Å². The molecule has 1 saturated heterocycles. The molecule has 2 aliphatic rings. The van der Waals surface area contributed by atoms with Gasteiger partial charge >= 0.3 is 5.97 Å². The summed E-state index contributed by atoms with van der Waals surface area (Å²) in [5.41, 5.74) is 3.20. The molecule has 0 saturated carbocycles. The molecule has 8 nitrogen and oxygen atoms in total. The number of methoxy groups -OCH3 is 1. The minimum Gasteiger partial charge on any atom is -0.493 e. The van der Waals surface area contributed by atoms with Gasteiger partial charge in [-0.1, -0.05) is 66.7 Å². The van der Waals surface area contributed by atoms with Crippen molar-refractivity contribution < 1.29 is 33.6 Å². The van der Waals surface area contributed by atoms with Gasteiger partial charge in [-0.25, -0.2) is 4.79 Å². The highest BCUT2D eigenvalue weighted by atomic mass is 16.6. The van der Waals surface area contributed by atoms with Crippen molar-refractivity contribution in [3.63, 3.8) is 0 Å². The van der Waals surface area contributed by atoms with Crippen LogP contribution < -0.4 is 9.47 Å². The van der Waals surface area contributed by atoms with Crippen molar-refractivity contribution in [2.75, 3.05) is 20.3 Å². The molecule has 192 valence electrons. The van der Waals surface area contributed by atoms with Crippen LogP contribution in [0, 0.1) is 0 Å². The minimum absolute atomic E-state index is 0.0891. The number of amides is 1. The van der Waals surface area contributed by atoms with E-state index in [2.05, 4.69) is 0 Å². The van der Waals surface area contributed by atoms with Crippen LogP contribution in [-0.4, -0.2) is 54.4 Å². The van der Waals surface area contributed by atoms with Crippen molar-refractivity contribution in [3.05, 3.63) is 95.1 Å². The van der Waals surface area contributed by atoms with E-state index < -0.39 is 24.0 Å². The first-order valence-corrected chi connectivity index (χ1v) is 12.2. The van der Waals surface area contributed by atoms with Gasteiger partial charge in [0.05, 0.1) is 20.3 Å². The lowest BCUT2D eigenvalue weighted by atomic mass is 9.91. The highest BCUT2D eigenvalue weighted by Crippen LogP contribution is 2.40. The van der Waals surface area contributed by atoms with Crippen molar-refractivity contribution in [2.24, 2.45) is 0 Å². The first kappa shape index (κ1) is 24.8. The van der Waals surface area contributed by atoms with E-state index in [0.29, 0.717) is 36.9 Å². The smallest absolute Gasteiger partial charge is 0.326 e. The number of carboxylic acids is 1. The standard InChI is InChI=1S/C29H29NO7/c1-34-25-13-12-21-15-30(28(31)26(37-22-17-35-18-22)20-10-6-3-7-11-20)24(29(32)33)14-23(21)27(25)36-16-19-8-4-2-5-9-19/h2-13,22,24,26H,14-18H2,1H3,(H,32,33)/t24-,26?/m0/s1. The number of carbonyl (C=O) groups is 2. The summed E-state index contributed by atoms with van der Waals surface area (Å²) in [7, 11) is 1.55. The molecule has 1 N–H and O–H groups in total. The third kappa shape index (κ3) is 5.30. The number of rotatable bonds is 9. The molecule has 3 aromatic rings. The molecule has 5 rings (SSSR count). The maximum absolute atomic E-state index is 13.9. The summed E-state index contributed by atoms with van der Waals surface area (Å²) < 4.78 is 23.0. The number of benzene rings is 3. The third-order valence-electron chi connectivity index (χ3n) is 6.71. The Morgan fingerprint density at radius 1 is 1.03 bits per heavy atom. The van der Waals surface area contributed by atoms with Crippen molar-refractivity contribution in [3.8, 4) is 11.5 Å². The Morgan fingerprint density at radius 2 is 1.73 bits per heavy atom. The SMILES string of the molecule is COc1ccc2c(c1OCc1ccccc1)C[C@@H](C(=O)O)N(C(=O)C(OC1COC1)c1ccccc1)C2. The molecule has 0 spiro atoms. The first-order chi connectivity index (χ1) is 18.0. The topological polar surface area (TPSA) is 94.5 Å². The zero-order valence-corrected chi connectivity index (χ0v) is 20.5. The second-order valence-corrected chi connectivity index (χ2v) is 9.12. The van der Waals surface area contributed by atoms with Crippen LogP contribution in [0.5, 0.6) is 11.5 Å². The quantitative estimate of drug-likeness (QED) is 0.475. The van der Waals surface area contributed by atoms with E-state index in [-0.39, 0.29) is 19.1 Å². The lowest BCUT2D eigenvalue weighted by Gasteiger charge is -2.38. The second kappa shape index (κ2) is 11.0. The Bertz CT molecular complexity index is 1240. The summed E-state index contributed by atoms with van der Waals surface area (Å²) in [5, 5.41) is 10.2. The molecule has 0 aliphatic carbocycles. The number of hydrogen-bond acceptors (Lipinski definition) is 6. The Hall–Kier alpha value is -3.88. The summed E-state index contributed by atoms with van der Waals surface area (Å²) in [6, 6.07) is 21.4. The highest BCUT2D eigenvalue weighted by Gasteiger charge is 2.41. The molecule has 37 heavy (non-hydrogen) atoms. The molecule has 2 aliphatic heterocycles. The molecule has 2 heterocycles. The number of fused-ring (bicyclic) bond motifs is 1. The molecular weight excluding hydrogens is 474 g/mol. The molecule has 2 atom stereocenters. The zero-order chi connectivity index (χ0) is 25.8. The normalized spacial score (nSPS) is 17.9. The van der Waals surface area contributed by atoms with E-state index >= 15 is 0 Å². The Labute approximate surface area is 215 Å². The fourth-order valence-corrected chi connectivity index (χ4v) is 4.66. The summed E-state index contributed by atoms with van der Waals surface area (Å²) in [4.78, 5) is 27.7. The molecule has 0 bridgehead atoms. The largest absolute Gasteiger partial charge is 0.493 e. The van der Waals surface area contributed by atoms with Crippen LogP contribution in [0.25, 0.3) is 0 Å². The number of carboxylic acid groups (broad SMARTS) is 1. The van der Waals surface area contributed by atoms with Gasteiger partial charge in [0.1, 0.15) is 18.8 Å². The summed E-state index contributed by atoms with van der Waals surface area (Å²) in [6.45, 7) is 1.24. The fourth-order valence-electron chi connectivity index (χ4n) is 4.66. The van der Waals surface area contributed by atoms with E-state index in [4.69, 9.17) is 18.9 Å². The van der Waals surface area contributed by atoms with Gasteiger partial charge in [-0.05, 0) is 22.8 Å². The Kier molecular flexibility index (Phi) is 7.39. The second-order valence-electron chi connectivity index (χ2n) is 9.12. The molecule has 3 aromatic carbocycles. The van der Waals surface area contributed by atoms with E-state index in [9.17, 15) is 14.7 Å². The third-order valence-corrected chi connectivity index (χ3v) is 6.71. The lowest BCUT2D eigenvalue weighted by Crippen LogP contribution is -2.51. The van der Waals surface area contributed by atoms with Crippen LogP contribution in [0.2, 0.25) is 0 Å². The van der Waals surface area contributed by atoms with Gasteiger partial charge in [-0.15, -0.1) is 0 Å². The molecular formula is C29H29NO7. The van der Waals surface area contributed by atoms with Crippen LogP contribution in [-0.2, 0) is 38.6 Å². The van der Waals surface area contributed by atoms with E-state index in [1.807, 2.05) is 66.7 Å². The van der Waals surface area contributed by atoms with Gasteiger partial charge in [0.15, 0.2) is 17.6 Å². The van der Waals surface area contributed by atoms with Gasteiger partial charge in [0, 0.05) is 18.5 Å². The van der Waals surface area contributed by atoms with Gasteiger partial charge in [-0.2, -0.15) is 0 Å². The van der Waals surface area contributed by atoms with Gasteiger partial charge < -0.3 is 29.0 Å². The molecule has 1 fully saturated rings. The van der Waals surface area contributed by atoms with Crippen molar-refractivity contribution in [1.29, 1.82) is 0 Å². The number of aliphatic carboxylic acids is 1. The number of hydrogen-bond donors (Lipinski definition) is 1. The number of ether oxygens (including phenoxy) is 4. The molecule has 0 radical (unpaired) electrons. The average molecular weight is 504 g/mol. The average Bonchev–Trinajstić information content (AvgIpc) is 2.91. The molecule has 1 amide bonds. The Balaban J connectivity index is 1.46. The van der Waals surface area contributed by atoms with E-state index in [0.717, 1.165) is 16.7 Å². The van der Waals surface area contributed by atoms with Gasteiger partial charge in [0.25, 0.3) is 5.91 Å². The van der Waals surface area contributed by atoms with Crippen LogP contribution >= 0.6 is 0 Å². The monoisotopic (exact) mass is 503 g/mol. The van der Waals surface area contributed by atoms with Gasteiger partial charge in [0.2, 0.25) is 0 Å². The predicted molar refractivity (Wildman–Crippen MR) is 134 cm³/mol. The van der Waals surface area contributed by atoms with Gasteiger partial charge in [-0.3, -0.25) is 4.79 Å². The lowest BCUT2D eigenvalue weighted by molar-refractivity contribution is -0.180. The number of nitrogens with zero attached hydrogens (tertiary/aromatic N) is 1. The minimum atomic E-state index is -1.09. The number of carbonyl (C=O) groups excluding carboxylic acids is 1. The predicted octanol–water partition coefficient (Wildman–Crippen LogP) is 3.77. The summed E-state index contributed by atoms with van der Waals surface area (Å²) in [6.07, 6.45) is -1.05. The van der Waals surface area contributed by atoms with Crippen LogP contribution in [0.15, 0.2) is 72.8 Å². The zero-order valence-electron chi connectivity index (χ0n) is 20.5. The highest BCUT2D eigenvalue weighted by molar-refractivity contribution is 5.88. The molecule has 8 heteroatoms. The van der Waals surface area contributed by atoms with Crippen LogP contribution in [0.4, 0.5) is 0 Å². The Morgan fingerprint density at radius 3 is 2.35 bits per heavy atom. The molecule has 1 unspecified atom stereocenters. The first-order valence-electron chi connectivity index (χ1n) is 12.2. The summed E-state index contributed by atoms with van der Waals surface area (Å²) >= 11 is 0. The van der Waals surface area contributed by atoms with Crippen LogP contribution in [0.1, 0.15) is 28.4 Å². The maximum atomic E-state index is 13.9. The van der Waals surface area contributed by atoms with Crippen molar-refractivity contribution in [2.45, 2.75) is 37.8 Å². The fraction of sp³-hybridized carbons (Fsp3) is 0.310. The van der Waals surface area contributed by atoms with E-state index in [1.165, 1.54) is 4.90 Å².